The maximum Gasteiger partial charge on any atom is 0.329 e. The topological polar surface area (TPSA) is 114 Å². The van der Waals surface area contributed by atoms with Gasteiger partial charge in [0.05, 0.1) is 11.1 Å². The maximum atomic E-state index is 13.4. The Bertz CT molecular complexity index is 1400. The van der Waals surface area contributed by atoms with Crippen molar-refractivity contribution in [1.82, 2.24) is 25.5 Å². The maximum absolute atomic E-state index is 13.4. The molecule has 206 valence electrons. The number of furan rings is 1. The van der Waals surface area contributed by atoms with Gasteiger partial charge in [0, 0.05) is 29.5 Å². The molecule has 10 heteroatoms. The van der Waals surface area contributed by atoms with Crippen LogP contribution in [-0.4, -0.2) is 50.0 Å². The first-order chi connectivity index (χ1) is 18.8. The summed E-state index contributed by atoms with van der Waals surface area (Å²) in [4.78, 5) is 28.0. The summed E-state index contributed by atoms with van der Waals surface area (Å²) < 4.78 is 12.4. The Labute approximate surface area is 236 Å². The number of aromatic nitrogens is 4. The Balaban J connectivity index is 1.63. The number of carbonyl (C=O) groups excluding carboxylic acids is 2. The van der Waals surface area contributed by atoms with E-state index >= 15 is 0 Å². The Hall–Kier alpha value is -3.53. The van der Waals surface area contributed by atoms with Crippen LogP contribution < -0.4 is 0 Å². The fourth-order valence-electron chi connectivity index (χ4n) is 4.65. The summed E-state index contributed by atoms with van der Waals surface area (Å²) in [6, 6.07) is 12.9. The lowest BCUT2D eigenvalue weighted by molar-refractivity contribution is -0.157. The number of aromatic amines is 1. The summed E-state index contributed by atoms with van der Waals surface area (Å²) in [6.45, 7) is 8.34. The third kappa shape index (κ3) is 6.55. The molecule has 4 rings (SSSR count). The number of benzene rings is 2. The zero-order valence-corrected chi connectivity index (χ0v) is 24.3. The minimum Gasteiger partial charge on any atom is -0.464 e. The highest BCUT2D eigenvalue weighted by Gasteiger charge is 2.33. The van der Waals surface area contributed by atoms with Crippen molar-refractivity contribution in [3.05, 3.63) is 52.5 Å². The molecule has 0 radical (unpaired) electrons. The molecule has 2 aromatic heterocycles. The van der Waals surface area contributed by atoms with Gasteiger partial charge >= 0.3 is 5.97 Å². The van der Waals surface area contributed by atoms with Crippen LogP contribution in [0.25, 0.3) is 33.7 Å². The quantitative estimate of drug-likeness (QED) is 0.146. The largest absolute Gasteiger partial charge is 0.464 e. The molecule has 2 aromatic carbocycles. The van der Waals surface area contributed by atoms with E-state index in [1.54, 1.807) is 11.8 Å². The molecular formula is C29H34BrN5O4. The second kappa shape index (κ2) is 13.0. The summed E-state index contributed by atoms with van der Waals surface area (Å²) in [5, 5.41) is 15.0. The second-order valence-electron chi connectivity index (χ2n) is 9.81. The van der Waals surface area contributed by atoms with Gasteiger partial charge in [-0.2, -0.15) is 5.21 Å². The van der Waals surface area contributed by atoms with Crippen LogP contribution in [0.2, 0.25) is 0 Å². The van der Waals surface area contributed by atoms with Crippen molar-refractivity contribution in [3.63, 3.8) is 0 Å². The van der Waals surface area contributed by atoms with Crippen LogP contribution in [-0.2, 0) is 20.9 Å². The van der Waals surface area contributed by atoms with E-state index < -0.39 is 6.04 Å². The number of amides is 1. The van der Waals surface area contributed by atoms with Crippen LogP contribution in [0.15, 0.2) is 51.4 Å². The zero-order valence-electron chi connectivity index (χ0n) is 22.7. The molecule has 1 atom stereocenters. The minimum atomic E-state index is -0.657. The van der Waals surface area contributed by atoms with E-state index in [1.165, 1.54) is 0 Å². The number of ether oxygens (including phenoxy) is 1. The fourth-order valence-corrected chi connectivity index (χ4v) is 5.27. The van der Waals surface area contributed by atoms with Crippen LogP contribution in [0.4, 0.5) is 0 Å². The summed E-state index contributed by atoms with van der Waals surface area (Å²) in [5.41, 5.74) is 3.35. The van der Waals surface area contributed by atoms with Crippen LogP contribution in [0.5, 0.6) is 0 Å². The van der Waals surface area contributed by atoms with Gasteiger partial charge in [-0.25, -0.2) is 4.79 Å². The first-order valence-electron chi connectivity index (χ1n) is 13.3. The fraction of sp³-hybridized carbons (Fsp3) is 0.414. The van der Waals surface area contributed by atoms with Crippen molar-refractivity contribution >= 4 is 38.8 Å². The minimum absolute atomic E-state index is 0.0380. The van der Waals surface area contributed by atoms with Gasteiger partial charge < -0.3 is 14.1 Å². The van der Waals surface area contributed by atoms with Crippen molar-refractivity contribution in [2.45, 2.75) is 66.0 Å². The molecular weight excluding hydrogens is 562 g/mol. The summed E-state index contributed by atoms with van der Waals surface area (Å²) >= 11 is 3.73. The number of carbonyl (C=O) groups is 2. The SMILES string of the molecule is CCCCCC(=O)N(Cc1ccc2oc(-c3ccc(-c4nn[nH]n4)cc3)c(Br)c2c1)C(C(=O)OCC)C(C)C. The van der Waals surface area contributed by atoms with Crippen molar-refractivity contribution in [3.8, 4) is 22.7 Å². The van der Waals surface area contributed by atoms with E-state index in [-0.39, 0.29) is 24.4 Å². The Morgan fingerprint density at radius 2 is 1.82 bits per heavy atom. The number of nitrogens with one attached hydrogen (secondary N) is 1. The molecule has 39 heavy (non-hydrogen) atoms. The van der Waals surface area contributed by atoms with Gasteiger partial charge in [0.2, 0.25) is 11.7 Å². The monoisotopic (exact) mass is 595 g/mol. The highest BCUT2D eigenvalue weighted by Crippen LogP contribution is 2.39. The van der Waals surface area contributed by atoms with Crippen molar-refractivity contribution in [2.24, 2.45) is 5.92 Å². The van der Waals surface area contributed by atoms with Crippen LogP contribution in [0, 0.1) is 5.92 Å². The van der Waals surface area contributed by atoms with Gasteiger partial charge in [0.15, 0.2) is 0 Å². The zero-order chi connectivity index (χ0) is 27.9. The summed E-state index contributed by atoms with van der Waals surface area (Å²) in [5.74, 6) is 0.718. The molecule has 1 amide bonds. The molecule has 2 heterocycles. The molecule has 0 bridgehead atoms. The molecule has 0 saturated carbocycles. The van der Waals surface area contributed by atoms with Gasteiger partial charge in [0.25, 0.3) is 0 Å². The number of halogens is 1. The molecule has 1 N–H and O–H groups in total. The smallest absolute Gasteiger partial charge is 0.329 e. The number of hydrogen-bond donors (Lipinski definition) is 1. The lowest BCUT2D eigenvalue weighted by Gasteiger charge is -2.33. The standard InChI is InChI=1S/C29H34BrN5O4/c1-5-7-8-9-24(36)35(26(18(3)4)29(37)38-6-2)17-19-10-15-23-22(16-19)25(30)27(39-23)20-11-13-21(14-12-20)28-31-33-34-32-28/h10-16,18,26H,5-9,17H2,1-4H3,(H,31,32,33,34). The third-order valence-electron chi connectivity index (χ3n) is 6.61. The molecule has 0 aliphatic heterocycles. The highest BCUT2D eigenvalue weighted by molar-refractivity contribution is 9.10. The molecule has 0 saturated heterocycles. The molecule has 0 fully saturated rings. The number of unbranched alkanes of at least 4 members (excludes halogenated alkanes) is 2. The van der Waals surface area contributed by atoms with Crippen LogP contribution in [0.3, 0.4) is 0 Å². The first kappa shape index (κ1) is 28.5. The molecule has 9 nitrogen and oxygen atoms in total. The molecule has 0 aliphatic rings. The lowest BCUT2D eigenvalue weighted by atomic mass is 10.00. The van der Waals surface area contributed by atoms with Crippen LogP contribution >= 0.6 is 15.9 Å². The average molecular weight is 597 g/mol. The number of hydrogen-bond acceptors (Lipinski definition) is 7. The Morgan fingerprint density at radius 1 is 1.08 bits per heavy atom. The van der Waals surface area contributed by atoms with E-state index in [0.717, 1.165) is 51.4 Å². The van der Waals surface area contributed by atoms with Gasteiger partial charge in [-0.15, -0.1) is 10.2 Å². The highest BCUT2D eigenvalue weighted by atomic mass is 79.9. The molecule has 0 aliphatic carbocycles. The molecule has 1 unspecified atom stereocenters. The van der Waals surface area contributed by atoms with E-state index in [0.29, 0.717) is 24.6 Å². The number of tetrazole rings is 1. The number of fused-ring (bicyclic) bond motifs is 1. The Morgan fingerprint density at radius 3 is 2.46 bits per heavy atom. The van der Waals surface area contributed by atoms with E-state index in [1.807, 2.05) is 56.3 Å². The Kier molecular flexibility index (Phi) is 9.50. The van der Waals surface area contributed by atoms with Crippen LogP contribution in [0.1, 0.15) is 58.9 Å². The second-order valence-corrected chi connectivity index (χ2v) is 10.6. The predicted molar refractivity (Wildman–Crippen MR) is 152 cm³/mol. The summed E-state index contributed by atoms with van der Waals surface area (Å²) in [7, 11) is 0. The van der Waals surface area contributed by atoms with E-state index in [9.17, 15) is 9.59 Å². The number of rotatable bonds is 12. The summed E-state index contributed by atoms with van der Waals surface area (Å²) in [6.07, 6.45) is 3.18. The van der Waals surface area contributed by atoms with Crippen molar-refractivity contribution in [2.75, 3.05) is 6.61 Å². The average Bonchev–Trinajstić information content (AvgIpc) is 3.57. The molecule has 0 spiro atoms. The third-order valence-corrected chi connectivity index (χ3v) is 7.39. The number of esters is 1. The van der Waals surface area contributed by atoms with Gasteiger partial charge in [0.1, 0.15) is 17.4 Å². The van der Waals surface area contributed by atoms with Gasteiger partial charge in [-0.3, -0.25) is 4.79 Å². The van der Waals surface area contributed by atoms with Crippen molar-refractivity contribution in [1.29, 1.82) is 0 Å². The van der Waals surface area contributed by atoms with Crippen molar-refractivity contribution < 1.29 is 18.7 Å². The van der Waals surface area contributed by atoms with Gasteiger partial charge in [-0.05, 0) is 58.1 Å². The number of nitrogens with zero attached hydrogens (tertiary/aromatic N) is 4. The van der Waals surface area contributed by atoms with Gasteiger partial charge in [-0.1, -0.05) is 63.9 Å². The molecule has 4 aromatic rings. The van der Waals surface area contributed by atoms with E-state index in [2.05, 4.69) is 43.5 Å². The normalized spacial score (nSPS) is 12.2. The first-order valence-corrected chi connectivity index (χ1v) is 14.1. The predicted octanol–water partition coefficient (Wildman–Crippen LogP) is 6.54. The lowest BCUT2D eigenvalue weighted by Crippen LogP contribution is -2.48. The van der Waals surface area contributed by atoms with E-state index in [4.69, 9.17) is 9.15 Å². The number of H-pyrrole nitrogens is 1.